The van der Waals surface area contributed by atoms with Crippen molar-refractivity contribution in [3.63, 3.8) is 0 Å². The lowest BCUT2D eigenvalue weighted by molar-refractivity contribution is -0.123. The third kappa shape index (κ3) is 4.34. The highest BCUT2D eigenvalue weighted by Gasteiger charge is 2.35. The number of hydrogen-bond donors (Lipinski definition) is 1. The number of anilines is 1. The molecule has 1 fully saturated rings. The van der Waals surface area contributed by atoms with Crippen LogP contribution in [-0.4, -0.2) is 34.2 Å². The first-order valence-electron chi connectivity index (χ1n) is 9.00. The number of phenols is 1. The van der Waals surface area contributed by atoms with Crippen LogP contribution in [0.3, 0.4) is 0 Å². The molecule has 2 aromatic carbocycles. The van der Waals surface area contributed by atoms with Crippen molar-refractivity contribution in [2.24, 2.45) is 0 Å². The first-order valence-corrected chi connectivity index (χ1v) is 10.2. The second-order valence-corrected chi connectivity index (χ2v) is 7.74. The van der Waals surface area contributed by atoms with Crippen molar-refractivity contribution in [2.75, 3.05) is 18.0 Å². The van der Waals surface area contributed by atoms with Crippen LogP contribution >= 0.6 is 23.4 Å². The average Bonchev–Trinajstić information content (AvgIpc) is 2.92. The second kappa shape index (κ2) is 8.71. The van der Waals surface area contributed by atoms with E-state index in [2.05, 4.69) is 4.90 Å². The summed E-state index contributed by atoms with van der Waals surface area (Å²) in [5.74, 6) is -0.298. The molecule has 1 aliphatic heterocycles. The molecule has 0 unspecified atom stereocenters. The third-order valence-electron chi connectivity index (χ3n) is 4.53. The van der Waals surface area contributed by atoms with Crippen molar-refractivity contribution in [1.82, 2.24) is 4.90 Å². The molecule has 28 heavy (non-hydrogen) atoms. The SMILES string of the molecule is CCN(CC)c1ccc(/C=C2\SC(=O)N(Cc3cccc(Cl)c3)C2=O)c(O)c1. The Morgan fingerprint density at radius 2 is 1.89 bits per heavy atom. The predicted octanol–water partition coefficient (Wildman–Crippen LogP) is 5.13. The molecule has 0 atom stereocenters. The Hall–Kier alpha value is -2.44. The Morgan fingerprint density at radius 3 is 2.54 bits per heavy atom. The topological polar surface area (TPSA) is 60.9 Å². The van der Waals surface area contributed by atoms with Crippen LogP contribution in [0, 0.1) is 0 Å². The van der Waals surface area contributed by atoms with Crippen molar-refractivity contribution in [2.45, 2.75) is 20.4 Å². The molecular formula is C21H21ClN2O3S. The van der Waals surface area contributed by atoms with Crippen LogP contribution in [0.2, 0.25) is 5.02 Å². The molecule has 3 rings (SSSR count). The van der Waals surface area contributed by atoms with Crippen LogP contribution in [0.4, 0.5) is 10.5 Å². The van der Waals surface area contributed by atoms with Gasteiger partial charge in [-0.15, -0.1) is 0 Å². The molecular weight excluding hydrogens is 396 g/mol. The number of carbonyl (C=O) groups is 2. The highest BCUT2D eigenvalue weighted by atomic mass is 35.5. The number of aromatic hydroxyl groups is 1. The summed E-state index contributed by atoms with van der Waals surface area (Å²) in [6, 6.07) is 12.4. The maximum Gasteiger partial charge on any atom is 0.293 e. The van der Waals surface area contributed by atoms with Crippen LogP contribution in [0.1, 0.15) is 25.0 Å². The fraction of sp³-hybridized carbons (Fsp3) is 0.238. The second-order valence-electron chi connectivity index (χ2n) is 6.31. The Bertz CT molecular complexity index is 941. The van der Waals surface area contributed by atoms with Gasteiger partial charge in [-0.3, -0.25) is 14.5 Å². The van der Waals surface area contributed by atoms with Crippen LogP contribution in [0.25, 0.3) is 6.08 Å². The number of thioether (sulfide) groups is 1. The molecule has 5 nitrogen and oxygen atoms in total. The van der Waals surface area contributed by atoms with Crippen LogP contribution in [-0.2, 0) is 11.3 Å². The van der Waals surface area contributed by atoms with Gasteiger partial charge in [0.2, 0.25) is 0 Å². The third-order valence-corrected chi connectivity index (χ3v) is 5.68. The summed E-state index contributed by atoms with van der Waals surface area (Å²) in [6.45, 7) is 5.92. The Morgan fingerprint density at radius 1 is 1.14 bits per heavy atom. The molecule has 7 heteroatoms. The van der Waals surface area contributed by atoms with E-state index in [0.29, 0.717) is 10.6 Å². The summed E-state index contributed by atoms with van der Waals surface area (Å²) in [4.78, 5) is 28.6. The fourth-order valence-electron chi connectivity index (χ4n) is 3.03. The number of phenolic OH excluding ortho intramolecular Hbond substituents is 1. The average molecular weight is 417 g/mol. The predicted molar refractivity (Wildman–Crippen MR) is 115 cm³/mol. The summed E-state index contributed by atoms with van der Waals surface area (Å²) >= 11 is 6.85. The molecule has 1 N–H and O–H groups in total. The number of benzene rings is 2. The molecule has 1 saturated heterocycles. The lowest BCUT2D eigenvalue weighted by Gasteiger charge is -2.21. The van der Waals surface area contributed by atoms with Crippen LogP contribution < -0.4 is 4.90 Å². The van der Waals surface area contributed by atoms with Gasteiger partial charge in [0.05, 0.1) is 11.4 Å². The molecule has 0 spiro atoms. The quantitative estimate of drug-likeness (QED) is 0.661. The zero-order chi connectivity index (χ0) is 20.3. The van der Waals surface area contributed by atoms with E-state index in [9.17, 15) is 14.7 Å². The summed E-state index contributed by atoms with van der Waals surface area (Å²) in [7, 11) is 0. The number of hydrogen-bond acceptors (Lipinski definition) is 5. The van der Waals surface area contributed by atoms with Crippen LogP contribution in [0.15, 0.2) is 47.4 Å². The smallest absolute Gasteiger partial charge is 0.293 e. The number of carbonyl (C=O) groups excluding carboxylic acids is 2. The van der Waals surface area contributed by atoms with Crippen molar-refractivity contribution < 1.29 is 14.7 Å². The van der Waals surface area contributed by atoms with E-state index in [1.54, 1.807) is 36.4 Å². The van der Waals surface area contributed by atoms with Gasteiger partial charge in [0.1, 0.15) is 5.75 Å². The van der Waals surface area contributed by atoms with Gasteiger partial charge in [-0.05, 0) is 61.5 Å². The van der Waals surface area contributed by atoms with Gasteiger partial charge < -0.3 is 10.0 Å². The Balaban J connectivity index is 1.81. The normalized spacial score (nSPS) is 15.5. The molecule has 2 aromatic rings. The number of halogens is 1. The van der Waals surface area contributed by atoms with Crippen molar-refractivity contribution >= 4 is 46.3 Å². The van der Waals surface area contributed by atoms with Gasteiger partial charge >= 0.3 is 0 Å². The van der Waals surface area contributed by atoms with Crippen LogP contribution in [0.5, 0.6) is 5.75 Å². The largest absolute Gasteiger partial charge is 0.507 e. The fourth-order valence-corrected chi connectivity index (χ4v) is 4.08. The van der Waals surface area contributed by atoms with Crippen molar-refractivity contribution in [1.29, 1.82) is 0 Å². The molecule has 0 radical (unpaired) electrons. The van der Waals surface area contributed by atoms with E-state index >= 15 is 0 Å². The molecule has 0 aliphatic carbocycles. The molecule has 0 saturated carbocycles. The van der Waals surface area contributed by atoms with Gasteiger partial charge in [-0.25, -0.2) is 0 Å². The number of imide groups is 1. The molecule has 1 heterocycles. The summed E-state index contributed by atoms with van der Waals surface area (Å²) in [6.07, 6.45) is 1.56. The molecule has 1 aliphatic rings. The number of nitrogens with zero attached hydrogens (tertiary/aromatic N) is 2. The monoisotopic (exact) mass is 416 g/mol. The van der Waals surface area contributed by atoms with E-state index < -0.39 is 0 Å². The summed E-state index contributed by atoms with van der Waals surface area (Å²) < 4.78 is 0. The zero-order valence-electron chi connectivity index (χ0n) is 15.7. The number of rotatable bonds is 6. The highest BCUT2D eigenvalue weighted by Crippen LogP contribution is 2.35. The molecule has 0 bridgehead atoms. The standard InChI is InChI=1S/C21H21ClN2O3S/c1-3-23(4-2)17-9-8-15(18(25)12-17)11-19-20(26)24(21(27)28-19)13-14-6-5-7-16(22)10-14/h5-12,25H,3-4,13H2,1-2H3/b19-11-. The van der Waals surface area contributed by atoms with Gasteiger partial charge in [0.25, 0.3) is 11.1 Å². The zero-order valence-corrected chi connectivity index (χ0v) is 17.3. The molecule has 2 amide bonds. The molecule has 146 valence electrons. The lowest BCUT2D eigenvalue weighted by Crippen LogP contribution is -2.27. The van der Waals surface area contributed by atoms with E-state index in [-0.39, 0.29) is 28.3 Å². The van der Waals surface area contributed by atoms with E-state index in [1.807, 2.05) is 26.0 Å². The van der Waals surface area contributed by atoms with E-state index in [0.717, 1.165) is 36.1 Å². The van der Waals surface area contributed by atoms with Crippen molar-refractivity contribution in [3.8, 4) is 5.75 Å². The Kier molecular flexibility index (Phi) is 6.31. The minimum atomic E-state index is -0.373. The molecule has 0 aromatic heterocycles. The summed E-state index contributed by atoms with van der Waals surface area (Å²) in [5.41, 5.74) is 2.19. The van der Waals surface area contributed by atoms with Gasteiger partial charge in [-0.1, -0.05) is 23.7 Å². The Labute approximate surface area is 173 Å². The maximum atomic E-state index is 12.7. The first kappa shape index (κ1) is 20.3. The minimum absolute atomic E-state index is 0.0750. The van der Waals surface area contributed by atoms with Gasteiger partial charge in [0.15, 0.2) is 0 Å². The van der Waals surface area contributed by atoms with E-state index in [4.69, 9.17) is 11.6 Å². The highest BCUT2D eigenvalue weighted by molar-refractivity contribution is 8.18. The van der Waals surface area contributed by atoms with E-state index in [1.165, 1.54) is 4.90 Å². The van der Waals surface area contributed by atoms with Gasteiger partial charge in [0, 0.05) is 35.4 Å². The first-order chi connectivity index (χ1) is 13.4. The van der Waals surface area contributed by atoms with Crippen molar-refractivity contribution in [3.05, 3.63) is 63.5 Å². The van der Waals surface area contributed by atoms with Gasteiger partial charge in [-0.2, -0.15) is 0 Å². The number of amides is 2. The maximum absolute atomic E-state index is 12.7. The summed E-state index contributed by atoms with van der Waals surface area (Å²) in [5, 5.41) is 10.6. The minimum Gasteiger partial charge on any atom is -0.507 e. The lowest BCUT2D eigenvalue weighted by atomic mass is 10.1.